The summed E-state index contributed by atoms with van der Waals surface area (Å²) in [5, 5.41) is 12.3. The van der Waals surface area contributed by atoms with Crippen LogP contribution in [0.3, 0.4) is 0 Å². The number of nitrogens with zero attached hydrogens (tertiary/aromatic N) is 2. The number of carbonyl (C=O) groups excluding carboxylic acids is 2. The molecule has 2 aromatic heterocycles. The average molecular weight is 423 g/mol. The molecule has 0 spiro atoms. The van der Waals surface area contributed by atoms with Crippen LogP contribution >= 0.6 is 11.3 Å². The number of thiophene rings is 1. The Bertz CT molecular complexity index is 1010. The molecule has 2 N–H and O–H groups in total. The van der Waals surface area contributed by atoms with Gasteiger partial charge in [0.25, 0.3) is 0 Å². The first-order chi connectivity index (χ1) is 14.5. The Morgan fingerprint density at radius 1 is 1.13 bits per heavy atom. The number of benzene rings is 1. The zero-order chi connectivity index (χ0) is 21.5. The normalized spacial score (nSPS) is 13.2. The van der Waals surface area contributed by atoms with Gasteiger partial charge in [0.05, 0.1) is 10.6 Å². The van der Waals surface area contributed by atoms with E-state index in [-0.39, 0.29) is 17.9 Å². The van der Waals surface area contributed by atoms with E-state index in [1.165, 1.54) is 6.08 Å². The van der Waals surface area contributed by atoms with Crippen molar-refractivity contribution in [3.8, 4) is 16.3 Å². The van der Waals surface area contributed by atoms with Crippen LogP contribution in [0.15, 0.2) is 60.1 Å². The van der Waals surface area contributed by atoms with Gasteiger partial charge in [-0.15, -0.1) is 11.3 Å². The van der Waals surface area contributed by atoms with E-state index in [0.717, 1.165) is 28.2 Å². The monoisotopic (exact) mass is 422 g/mol. The Kier molecular flexibility index (Phi) is 7.19. The molecule has 0 radical (unpaired) electrons. The minimum atomic E-state index is -0.611. The molecule has 0 bridgehead atoms. The van der Waals surface area contributed by atoms with Crippen molar-refractivity contribution < 1.29 is 9.59 Å². The molecule has 0 aliphatic heterocycles. The second-order valence-corrected chi connectivity index (χ2v) is 8.02. The van der Waals surface area contributed by atoms with Crippen molar-refractivity contribution in [2.24, 2.45) is 0 Å². The third kappa shape index (κ3) is 5.45. The Morgan fingerprint density at radius 2 is 1.90 bits per heavy atom. The lowest BCUT2D eigenvalue weighted by molar-refractivity contribution is -0.127. The third-order valence-electron chi connectivity index (χ3n) is 4.69. The predicted molar refractivity (Wildman–Crippen MR) is 121 cm³/mol. The van der Waals surface area contributed by atoms with E-state index in [0.29, 0.717) is 0 Å². The van der Waals surface area contributed by atoms with Crippen LogP contribution in [0.2, 0.25) is 0 Å². The summed E-state index contributed by atoms with van der Waals surface area (Å²) in [6, 6.07) is 13.3. The molecule has 2 unspecified atom stereocenters. The second-order valence-electron chi connectivity index (χ2n) is 7.07. The molecular formula is C23H26N4O2S. The van der Waals surface area contributed by atoms with E-state index >= 15 is 0 Å². The molecule has 2 heterocycles. The fourth-order valence-electron chi connectivity index (χ4n) is 2.79. The van der Waals surface area contributed by atoms with Gasteiger partial charge in [0, 0.05) is 23.9 Å². The fraction of sp³-hybridized carbons (Fsp3) is 0.261. The number of carbonyl (C=O) groups is 2. The molecular weight excluding hydrogens is 396 g/mol. The van der Waals surface area contributed by atoms with E-state index in [1.807, 2.05) is 67.9 Å². The minimum Gasteiger partial charge on any atom is -0.352 e. The first kappa shape index (κ1) is 21.5. The van der Waals surface area contributed by atoms with E-state index in [1.54, 1.807) is 29.0 Å². The van der Waals surface area contributed by atoms with E-state index in [9.17, 15) is 9.59 Å². The maximum absolute atomic E-state index is 12.4. The lowest BCUT2D eigenvalue weighted by Crippen LogP contribution is -2.46. The van der Waals surface area contributed by atoms with E-state index in [4.69, 9.17) is 5.10 Å². The first-order valence-corrected chi connectivity index (χ1v) is 10.8. The summed E-state index contributed by atoms with van der Waals surface area (Å²) in [6.45, 7) is 5.61. The van der Waals surface area contributed by atoms with Crippen LogP contribution in [0.4, 0.5) is 0 Å². The van der Waals surface area contributed by atoms with Crippen molar-refractivity contribution in [3.05, 3.63) is 65.7 Å². The largest absolute Gasteiger partial charge is 0.352 e. The molecule has 30 heavy (non-hydrogen) atoms. The first-order valence-electron chi connectivity index (χ1n) is 9.95. The van der Waals surface area contributed by atoms with Crippen LogP contribution in [0.25, 0.3) is 22.3 Å². The van der Waals surface area contributed by atoms with Crippen LogP contribution in [-0.2, 0) is 9.59 Å². The summed E-state index contributed by atoms with van der Waals surface area (Å²) in [5.41, 5.74) is 2.57. The van der Waals surface area contributed by atoms with Crippen molar-refractivity contribution in [2.45, 2.75) is 39.3 Å². The Morgan fingerprint density at radius 3 is 2.57 bits per heavy atom. The Hall–Kier alpha value is -3.19. The molecule has 7 heteroatoms. The predicted octanol–water partition coefficient (Wildman–Crippen LogP) is 4.03. The highest BCUT2D eigenvalue weighted by Crippen LogP contribution is 2.28. The maximum atomic E-state index is 12.4. The van der Waals surface area contributed by atoms with Crippen molar-refractivity contribution in [1.82, 2.24) is 20.4 Å². The molecule has 2 amide bonds. The van der Waals surface area contributed by atoms with Crippen molar-refractivity contribution in [2.75, 3.05) is 0 Å². The molecule has 0 saturated heterocycles. The molecule has 6 nitrogen and oxygen atoms in total. The van der Waals surface area contributed by atoms with Gasteiger partial charge >= 0.3 is 0 Å². The highest BCUT2D eigenvalue weighted by atomic mass is 32.1. The molecule has 0 fully saturated rings. The molecule has 0 aliphatic rings. The van der Waals surface area contributed by atoms with Crippen molar-refractivity contribution in [3.63, 3.8) is 0 Å². The molecule has 1 aromatic carbocycles. The van der Waals surface area contributed by atoms with Gasteiger partial charge in [-0.3, -0.25) is 9.59 Å². The summed E-state index contributed by atoms with van der Waals surface area (Å²) in [6.07, 6.45) is 5.91. The average Bonchev–Trinajstić information content (AvgIpc) is 3.42. The molecule has 3 rings (SSSR count). The quantitative estimate of drug-likeness (QED) is 0.538. The van der Waals surface area contributed by atoms with Gasteiger partial charge in [0.15, 0.2) is 0 Å². The third-order valence-corrected chi connectivity index (χ3v) is 5.56. The van der Waals surface area contributed by atoms with Crippen LogP contribution < -0.4 is 10.6 Å². The zero-order valence-corrected chi connectivity index (χ0v) is 18.1. The second kappa shape index (κ2) is 10.0. The van der Waals surface area contributed by atoms with Gasteiger partial charge < -0.3 is 10.6 Å². The molecule has 0 saturated carbocycles. The lowest BCUT2D eigenvalue weighted by atomic mass is 10.2. The summed E-state index contributed by atoms with van der Waals surface area (Å²) in [5.74, 6) is -0.520. The fourth-order valence-corrected chi connectivity index (χ4v) is 3.52. The number of aromatic nitrogens is 2. The number of para-hydroxylation sites is 1. The highest BCUT2D eigenvalue weighted by Gasteiger charge is 2.16. The molecule has 156 valence electrons. The number of rotatable bonds is 8. The van der Waals surface area contributed by atoms with Gasteiger partial charge in [-0.25, -0.2) is 4.68 Å². The van der Waals surface area contributed by atoms with Gasteiger partial charge in [0.1, 0.15) is 11.7 Å². The van der Waals surface area contributed by atoms with Gasteiger partial charge in [-0.05, 0) is 49.9 Å². The maximum Gasteiger partial charge on any atom is 0.244 e. The Balaban J connectivity index is 1.76. The van der Waals surface area contributed by atoms with E-state index < -0.39 is 6.04 Å². The smallest absolute Gasteiger partial charge is 0.244 e. The molecule has 0 aliphatic carbocycles. The highest BCUT2D eigenvalue weighted by molar-refractivity contribution is 7.13. The van der Waals surface area contributed by atoms with Crippen LogP contribution in [-0.4, -0.2) is 33.7 Å². The SMILES string of the molecule is CCC(C)NC(=O)C(C)NC(=O)/C=C/c1cn(-c2ccccc2)nc1-c1cccs1. The van der Waals surface area contributed by atoms with Crippen LogP contribution in [0.1, 0.15) is 32.8 Å². The van der Waals surface area contributed by atoms with Crippen molar-refractivity contribution >= 4 is 29.2 Å². The van der Waals surface area contributed by atoms with Crippen LogP contribution in [0, 0.1) is 0 Å². The van der Waals surface area contributed by atoms with Gasteiger partial charge in [-0.1, -0.05) is 31.2 Å². The summed E-state index contributed by atoms with van der Waals surface area (Å²) in [7, 11) is 0. The molecule has 3 aromatic rings. The van der Waals surface area contributed by atoms with Crippen LogP contribution in [0.5, 0.6) is 0 Å². The number of hydrogen-bond acceptors (Lipinski definition) is 4. The van der Waals surface area contributed by atoms with Gasteiger partial charge in [0.2, 0.25) is 11.8 Å². The summed E-state index contributed by atoms with van der Waals surface area (Å²) < 4.78 is 1.80. The standard InChI is InChI=1S/C23H26N4O2S/c1-4-16(2)24-23(29)17(3)25-21(28)13-12-18-15-27(19-9-6-5-7-10-19)26-22(18)20-11-8-14-30-20/h5-17H,4H2,1-3H3,(H,24,29)(H,25,28)/b13-12+. The van der Waals surface area contributed by atoms with Crippen molar-refractivity contribution in [1.29, 1.82) is 0 Å². The summed E-state index contributed by atoms with van der Waals surface area (Å²) >= 11 is 1.59. The number of nitrogens with one attached hydrogen (secondary N) is 2. The summed E-state index contributed by atoms with van der Waals surface area (Å²) in [4.78, 5) is 25.5. The zero-order valence-electron chi connectivity index (χ0n) is 17.3. The van der Waals surface area contributed by atoms with Gasteiger partial charge in [-0.2, -0.15) is 5.10 Å². The topological polar surface area (TPSA) is 76.0 Å². The Labute approximate surface area is 180 Å². The number of amides is 2. The minimum absolute atomic E-state index is 0.0737. The number of hydrogen-bond donors (Lipinski definition) is 2. The molecule has 2 atom stereocenters. The van der Waals surface area contributed by atoms with E-state index in [2.05, 4.69) is 10.6 Å². The lowest BCUT2D eigenvalue weighted by Gasteiger charge is -2.16.